The lowest BCUT2D eigenvalue weighted by atomic mass is 9.73. The standard InChI is InChI=1S/C25H40O5/c1-17(2)24(27)29-15-21(16-30-25(28)18(3)19(4)26)10-9-20-11-13-23(14-12-20)22-7-5-6-8-22/h19-23,26H,1,3,5-16H2,2,4H3. The normalized spacial score (nSPS) is 24.1. The average molecular weight is 421 g/mol. The fourth-order valence-corrected chi connectivity index (χ4v) is 4.84. The highest BCUT2D eigenvalue weighted by atomic mass is 16.5. The molecule has 0 aliphatic heterocycles. The first kappa shape index (κ1) is 24.6. The molecule has 170 valence electrons. The van der Waals surface area contributed by atoms with Crippen LogP contribution in [0.5, 0.6) is 0 Å². The number of carbonyl (C=O) groups is 2. The number of aliphatic hydroxyl groups is 1. The van der Waals surface area contributed by atoms with E-state index >= 15 is 0 Å². The molecule has 0 saturated heterocycles. The van der Waals surface area contributed by atoms with Gasteiger partial charge in [0.15, 0.2) is 0 Å². The smallest absolute Gasteiger partial charge is 0.336 e. The SMILES string of the molecule is C=C(C)C(=O)OCC(CCC1CCC(C2CCCC2)CC1)COC(=O)C(=C)C(C)O. The maximum Gasteiger partial charge on any atom is 0.336 e. The van der Waals surface area contributed by atoms with E-state index in [0.29, 0.717) is 11.5 Å². The molecule has 2 aliphatic rings. The van der Waals surface area contributed by atoms with E-state index < -0.39 is 18.0 Å². The van der Waals surface area contributed by atoms with E-state index in [-0.39, 0.29) is 24.7 Å². The molecule has 2 fully saturated rings. The summed E-state index contributed by atoms with van der Waals surface area (Å²) in [6.07, 6.45) is 11.9. The largest absolute Gasteiger partial charge is 0.462 e. The van der Waals surface area contributed by atoms with Crippen molar-refractivity contribution in [3.8, 4) is 0 Å². The van der Waals surface area contributed by atoms with Crippen LogP contribution in [0.1, 0.15) is 78.1 Å². The van der Waals surface area contributed by atoms with Crippen LogP contribution in [0.25, 0.3) is 0 Å². The van der Waals surface area contributed by atoms with E-state index in [1.54, 1.807) is 6.92 Å². The lowest BCUT2D eigenvalue weighted by Gasteiger charge is -2.32. The van der Waals surface area contributed by atoms with Crippen molar-refractivity contribution in [3.63, 3.8) is 0 Å². The van der Waals surface area contributed by atoms with Crippen LogP contribution in [0.2, 0.25) is 0 Å². The van der Waals surface area contributed by atoms with Gasteiger partial charge in [-0.2, -0.15) is 0 Å². The first-order chi connectivity index (χ1) is 14.3. The van der Waals surface area contributed by atoms with Gasteiger partial charge in [0.05, 0.1) is 24.9 Å². The fourth-order valence-electron chi connectivity index (χ4n) is 4.84. The van der Waals surface area contributed by atoms with E-state index in [4.69, 9.17) is 9.47 Å². The Balaban J connectivity index is 1.79. The van der Waals surface area contributed by atoms with Crippen molar-refractivity contribution >= 4 is 11.9 Å². The third kappa shape index (κ3) is 7.90. The Labute approximate surface area is 181 Å². The zero-order chi connectivity index (χ0) is 22.1. The highest BCUT2D eigenvalue weighted by Crippen LogP contribution is 2.42. The highest BCUT2D eigenvalue weighted by Gasteiger charge is 2.29. The molecule has 0 aromatic rings. The molecule has 0 aromatic heterocycles. The Hall–Kier alpha value is -1.62. The molecular weight excluding hydrogens is 380 g/mol. The first-order valence-corrected chi connectivity index (χ1v) is 11.6. The number of carbonyl (C=O) groups excluding carboxylic acids is 2. The van der Waals surface area contributed by atoms with Gasteiger partial charge in [-0.05, 0) is 57.3 Å². The highest BCUT2D eigenvalue weighted by molar-refractivity contribution is 5.88. The van der Waals surface area contributed by atoms with Gasteiger partial charge in [0.2, 0.25) is 0 Å². The van der Waals surface area contributed by atoms with Gasteiger partial charge in [0.1, 0.15) is 0 Å². The van der Waals surface area contributed by atoms with E-state index in [1.165, 1.54) is 58.3 Å². The van der Waals surface area contributed by atoms with Crippen LogP contribution in [0.4, 0.5) is 0 Å². The van der Waals surface area contributed by atoms with Crippen LogP contribution in [-0.4, -0.2) is 36.4 Å². The van der Waals surface area contributed by atoms with Crippen LogP contribution < -0.4 is 0 Å². The van der Waals surface area contributed by atoms with Crippen LogP contribution in [0.3, 0.4) is 0 Å². The van der Waals surface area contributed by atoms with Gasteiger partial charge in [-0.1, -0.05) is 51.7 Å². The van der Waals surface area contributed by atoms with Crippen molar-refractivity contribution in [2.75, 3.05) is 13.2 Å². The van der Waals surface area contributed by atoms with Gasteiger partial charge in [-0.3, -0.25) is 0 Å². The van der Waals surface area contributed by atoms with E-state index in [9.17, 15) is 14.7 Å². The summed E-state index contributed by atoms with van der Waals surface area (Å²) in [6, 6.07) is 0. The lowest BCUT2D eigenvalue weighted by molar-refractivity contribution is -0.145. The van der Waals surface area contributed by atoms with Crippen LogP contribution in [0, 0.1) is 23.7 Å². The van der Waals surface area contributed by atoms with Crippen LogP contribution in [0.15, 0.2) is 24.3 Å². The first-order valence-electron chi connectivity index (χ1n) is 11.6. The summed E-state index contributed by atoms with van der Waals surface area (Å²) in [5, 5.41) is 9.49. The summed E-state index contributed by atoms with van der Waals surface area (Å²) in [5.41, 5.74) is 0.399. The van der Waals surface area contributed by atoms with Crippen molar-refractivity contribution in [1.82, 2.24) is 0 Å². The van der Waals surface area contributed by atoms with Crippen LogP contribution >= 0.6 is 0 Å². The maximum absolute atomic E-state index is 12.0. The third-order valence-corrected chi connectivity index (χ3v) is 6.96. The zero-order valence-corrected chi connectivity index (χ0v) is 18.9. The summed E-state index contributed by atoms with van der Waals surface area (Å²) in [5.74, 6) is 1.50. The molecule has 2 atom stereocenters. The van der Waals surface area contributed by atoms with Crippen LogP contribution in [-0.2, 0) is 19.1 Å². The van der Waals surface area contributed by atoms with Gasteiger partial charge in [0.25, 0.3) is 0 Å². The molecule has 0 heterocycles. The van der Waals surface area contributed by atoms with Gasteiger partial charge < -0.3 is 14.6 Å². The van der Waals surface area contributed by atoms with Crippen molar-refractivity contribution < 1.29 is 24.2 Å². The monoisotopic (exact) mass is 420 g/mol. The second kappa shape index (κ2) is 12.3. The molecule has 2 rings (SSSR count). The predicted octanol–water partition coefficient (Wildman–Crippen LogP) is 4.98. The summed E-state index contributed by atoms with van der Waals surface area (Å²) in [6.45, 7) is 10.6. The Morgan fingerprint density at radius 1 is 0.933 bits per heavy atom. The summed E-state index contributed by atoms with van der Waals surface area (Å²) in [7, 11) is 0. The summed E-state index contributed by atoms with van der Waals surface area (Å²) in [4.78, 5) is 23.8. The Morgan fingerprint density at radius 3 is 2.00 bits per heavy atom. The average Bonchev–Trinajstić information content (AvgIpc) is 3.27. The Kier molecular flexibility index (Phi) is 10.1. The lowest BCUT2D eigenvalue weighted by Crippen LogP contribution is -2.25. The van der Waals surface area contributed by atoms with Crippen molar-refractivity contribution in [2.24, 2.45) is 23.7 Å². The van der Waals surface area contributed by atoms with Gasteiger partial charge >= 0.3 is 11.9 Å². The second-order valence-electron chi connectivity index (χ2n) is 9.45. The third-order valence-electron chi connectivity index (χ3n) is 6.96. The van der Waals surface area contributed by atoms with E-state index in [1.807, 2.05) is 0 Å². The number of ether oxygens (including phenoxy) is 2. The van der Waals surface area contributed by atoms with E-state index in [0.717, 1.165) is 24.7 Å². The molecule has 2 saturated carbocycles. The molecule has 1 N–H and O–H groups in total. The minimum Gasteiger partial charge on any atom is -0.462 e. The molecular formula is C25H40O5. The molecule has 2 unspecified atom stereocenters. The molecule has 0 bridgehead atoms. The fraction of sp³-hybridized carbons (Fsp3) is 0.760. The molecule has 0 radical (unpaired) electrons. The Morgan fingerprint density at radius 2 is 1.47 bits per heavy atom. The summed E-state index contributed by atoms with van der Waals surface area (Å²) >= 11 is 0. The molecule has 0 spiro atoms. The molecule has 0 aromatic carbocycles. The van der Waals surface area contributed by atoms with Crippen molar-refractivity contribution in [3.05, 3.63) is 24.3 Å². The molecule has 5 nitrogen and oxygen atoms in total. The maximum atomic E-state index is 12.0. The number of rotatable bonds is 11. The molecule has 2 aliphatic carbocycles. The van der Waals surface area contributed by atoms with Gasteiger partial charge in [-0.15, -0.1) is 0 Å². The van der Waals surface area contributed by atoms with Gasteiger partial charge in [-0.25, -0.2) is 9.59 Å². The topological polar surface area (TPSA) is 72.8 Å². The Bertz CT molecular complexity index is 595. The second-order valence-corrected chi connectivity index (χ2v) is 9.45. The number of hydrogen-bond donors (Lipinski definition) is 1. The number of hydrogen-bond acceptors (Lipinski definition) is 5. The quantitative estimate of drug-likeness (QED) is 0.377. The zero-order valence-electron chi connectivity index (χ0n) is 18.9. The molecule has 30 heavy (non-hydrogen) atoms. The number of aliphatic hydroxyl groups excluding tert-OH is 1. The minimum absolute atomic E-state index is 0.0397. The number of esters is 2. The van der Waals surface area contributed by atoms with Crippen molar-refractivity contribution in [2.45, 2.75) is 84.2 Å². The predicted molar refractivity (Wildman–Crippen MR) is 118 cm³/mol. The van der Waals surface area contributed by atoms with Gasteiger partial charge in [0, 0.05) is 11.5 Å². The molecule has 5 heteroatoms. The van der Waals surface area contributed by atoms with E-state index in [2.05, 4.69) is 13.2 Å². The molecule has 0 amide bonds. The van der Waals surface area contributed by atoms with Crippen molar-refractivity contribution in [1.29, 1.82) is 0 Å². The summed E-state index contributed by atoms with van der Waals surface area (Å²) < 4.78 is 10.7. The minimum atomic E-state index is -0.938.